The van der Waals surface area contributed by atoms with Crippen LogP contribution in [0, 0.1) is 0 Å². The van der Waals surface area contributed by atoms with E-state index in [9.17, 15) is 8.42 Å². The molecule has 1 fully saturated rings. The normalized spacial score (nSPS) is 22.1. The van der Waals surface area contributed by atoms with Crippen molar-refractivity contribution in [2.75, 3.05) is 19.6 Å². The SMILES string of the molecule is C[C@H]1CNCCN1S(=O)(=O)c1cnnn1C.Cl. The van der Waals surface area contributed by atoms with Crippen LogP contribution in [-0.4, -0.2) is 53.4 Å². The Bertz CT molecular complexity index is 474. The van der Waals surface area contributed by atoms with Gasteiger partial charge in [-0.05, 0) is 6.92 Å². The highest BCUT2D eigenvalue weighted by atomic mass is 35.5. The summed E-state index contributed by atoms with van der Waals surface area (Å²) in [5.74, 6) is 0. The summed E-state index contributed by atoms with van der Waals surface area (Å²) in [6.45, 7) is 3.71. The minimum atomic E-state index is -3.47. The van der Waals surface area contributed by atoms with Gasteiger partial charge < -0.3 is 5.32 Å². The summed E-state index contributed by atoms with van der Waals surface area (Å²) in [6, 6.07) is -0.0475. The zero-order valence-electron chi connectivity index (χ0n) is 9.70. The third kappa shape index (κ3) is 2.59. The van der Waals surface area contributed by atoms with Gasteiger partial charge in [0.1, 0.15) is 0 Å². The van der Waals surface area contributed by atoms with Crippen LogP contribution in [0.5, 0.6) is 0 Å². The Hall–Kier alpha value is -0.700. The fraction of sp³-hybridized carbons (Fsp3) is 0.750. The molecular weight excluding hydrogens is 266 g/mol. The number of sulfonamides is 1. The number of hydrogen-bond donors (Lipinski definition) is 1. The van der Waals surface area contributed by atoms with Gasteiger partial charge in [0, 0.05) is 32.7 Å². The van der Waals surface area contributed by atoms with E-state index in [1.165, 1.54) is 15.2 Å². The van der Waals surface area contributed by atoms with Gasteiger partial charge in [0.2, 0.25) is 0 Å². The molecule has 98 valence electrons. The van der Waals surface area contributed by atoms with E-state index >= 15 is 0 Å². The summed E-state index contributed by atoms with van der Waals surface area (Å²) >= 11 is 0. The highest BCUT2D eigenvalue weighted by Gasteiger charge is 2.33. The first kappa shape index (κ1) is 14.4. The first-order valence-electron chi connectivity index (χ1n) is 5.10. The molecule has 0 bridgehead atoms. The van der Waals surface area contributed by atoms with Crippen molar-refractivity contribution in [3.05, 3.63) is 6.20 Å². The second-order valence-corrected chi connectivity index (χ2v) is 5.70. The lowest BCUT2D eigenvalue weighted by atomic mass is 10.3. The van der Waals surface area contributed by atoms with Crippen molar-refractivity contribution in [3.63, 3.8) is 0 Å². The molecule has 0 aromatic carbocycles. The lowest BCUT2D eigenvalue weighted by molar-refractivity contribution is 0.282. The third-order valence-corrected chi connectivity index (χ3v) is 4.74. The molecule has 9 heteroatoms. The van der Waals surface area contributed by atoms with E-state index in [2.05, 4.69) is 15.6 Å². The molecule has 1 aromatic rings. The van der Waals surface area contributed by atoms with Crippen molar-refractivity contribution >= 4 is 22.4 Å². The number of aryl methyl sites for hydroxylation is 1. The maximum absolute atomic E-state index is 12.3. The molecule has 0 unspecified atom stereocenters. The highest BCUT2D eigenvalue weighted by Crippen LogP contribution is 2.17. The van der Waals surface area contributed by atoms with Crippen LogP contribution in [0.3, 0.4) is 0 Å². The summed E-state index contributed by atoms with van der Waals surface area (Å²) in [6.07, 6.45) is 1.28. The van der Waals surface area contributed by atoms with Gasteiger partial charge in [0.05, 0.1) is 6.20 Å². The Balaban J connectivity index is 0.00000144. The molecule has 17 heavy (non-hydrogen) atoms. The van der Waals surface area contributed by atoms with Crippen molar-refractivity contribution in [3.8, 4) is 0 Å². The fourth-order valence-corrected chi connectivity index (χ4v) is 3.48. The van der Waals surface area contributed by atoms with Crippen LogP contribution in [0.25, 0.3) is 0 Å². The van der Waals surface area contributed by atoms with Crippen molar-refractivity contribution in [1.82, 2.24) is 24.6 Å². The van der Waals surface area contributed by atoms with Gasteiger partial charge in [0.25, 0.3) is 10.0 Å². The topological polar surface area (TPSA) is 80.1 Å². The smallest absolute Gasteiger partial charge is 0.262 e. The summed E-state index contributed by atoms with van der Waals surface area (Å²) < 4.78 is 27.3. The Morgan fingerprint density at radius 3 is 2.76 bits per heavy atom. The lowest BCUT2D eigenvalue weighted by Gasteiger charge is -2.32. The van der Waals surface area contributed by atoms with E-state index in [4.69, 9.17) is 0 Å². The number of halogens is 1. The first-order valence-corrected chi connectivity index (χ1v) is 6.54. The van der Waals surface area contributed by atoms with Gasteiger partial charge in [-0.3, -0.25) is 0 Å². The number of aromatic nitrogens is 3. The van der Waals surface area contributed by atoms with Gasteiger partial charge in [0.15, 0.2) is 5.03 Å². The average molecular weight is 282 g/mol. The Kier molecular flexibility index (Phi) is 4.48. The maximum Gasteiger partial charge on any atom is 0.262 e. The van der Waals surface area contributed by atoms with Crippen LogP contribution in [0.15, 0.2) is 11.2 Å². The summed E-state index contributed by atoms with van der Waals surface area (Å²) in [4.78, 5) is 0. The predicted octanol–water partition coefficient (Wildman–Crippen LogP) is -0.781. The molecule has 0 spiro atoms. The second kappa shape index (κ2) is 5.30. The lowest BCUT2D eigenvalue weighted by Crippen LogP contribution is -2.52. The van der Waals surface area contributed by atoms with Crippen LogP contribution in [0.1, 0.15) is 6.92 Å². The van der Waals surface area contributed by atoms with E-state index in [1.807, 2.05) is 6.92 Å². The minimum absolute atomic E-state index is 0. The van der Waals surface area contributed by atoms with E-state index in [-0.39, 0.29) is 23.5 Å². The summed E-state index contributed by atoms with van der Waals surface area (Å²) in [5.41, 5.74) is 0. The average Bonchev–Trinajstić information content (AvgIpc) is 2.65. The van der Waals surface area contributed by atoms with Crippen LogP contribution >= 0.6 is 12.4 Å². The van der Waals surface area contributed by atoms with Crippen LogP contribution < -0.4 is 5.32 Å². The number of hydrogen-bond acceptors (Lipinski definition) is 5. The molecule has 1 saturated heterocycles. The molecule has 1 N–H and O–H groups in total. The summed E-state index contributed by atoms with van der Waals surface area (Å²) in [7, 11) is -1.89. The first-order chi connectivity index (χ1) is 7.53. The molecule has 1 aromatic heterocycles. The molecule has 1 aliphatic heterocycles. The molecule has 0 radical (unpaired) electrons. The Morgan fingerprint density at radius 1 is 1.53 bits per heavy atom. The molecule has 7 nitrogen and oxygen atoms in total. The van der Waals surface area contributed by atoms with Crippen LogP contribution in [-0.2, 0) is 17.1 Å². The van der Waals surface area contributed by atoms with Gasteiger partial charge in [-0.15, -0.1) is 17.5 Å². The molecule has 1 aliphatic rings. The molecule has 2 heterocycles. The van der Waals surface area contributed by atoms with E-state index < -0.39 is 10.0 Å². The largest absolute Gasteiger partial charge is 0.314 e. The molecule has 0 saturated carbocycles. The zero-order valence-corrected chi connectivity index (χ0v) is 11.3. The number of rotatable bonds is 2. The van der Waals surface area contributed by atoms with Gasteiger partial charge >= 0.3 is 0 Å². The zero-order chi connectivity index (χ0) is 11.8. The van der Waals surface area contributed by atoms with Gasteiger partial charge in [-0.25, -0.2) is 13.1 Å². The van der Waals surface area contributed by atoms with E-state index in [1.54, 1.807) is 7.05 Å². The molecule has 1 atom stereocenters. The third-order valence-electron chi connectivity index (χ3n) is 2.69. The van der Waals surface area contributed by atoms with Crippen molar-refractivity contribution < 1.29 is 8.42 Å². The highest BCUT2D eigenvalue weighted by molar-refractivity contribution is 7.89. The maximum atomic E-state index is 12.3. The Labute approximate surface area is 107 Å². The van der Waals surface area contributed by atoms with Gasteiger partial charge in [-0.2, -0.15) is 4.31 Å². The quantitative estimate of drug-likeness (QED) is 0.769. The molecular formula is C8H16ClN5O2S. The van der Waals surface area contributed by atoms with Crippen molar-refractivity contribution in [2.24, 2.45) is 7.05 Å². The van der Waals surface area contributed by atoms with Gasteiger partial charge in [-0.1, -0.05) is 5.21 Å². The minimum Gasteiger partial charge on any atom is -0.314 e. The summed E-state index contributed by atoms with van der Waals surface area (Å²) in [5, 5.41) is 10.5. The fourth-order valence-electron chi connectivity index (χ4n) is 1.81. The number of piperazine rings is 1. The van der Waals surface area contributed by atoms with E-state index in [0.29, 0.717) is 19.6 Å². The standard InChI is InChI=1S/C8H15N5O2S.ClH/c1-7-5-9-3-4-13(7)16(14,15)8-6-10-11-12(8)2;/h6-7,9H,3-5H2,1-2H3;1H/t7-;/m0./s1. The molecule has 0 aliphatic carbocycles. The monoisotopic (exact) mass is 281 g/mol. The molecule has 2 rings (SSSR count). The van der Waals surface area contributed by atoms with Crippen molar-refractivity contribution in [1.29, 1.82) is 0 Å². The van der Waals surface area contributed by atoms with Crippen molar-refractivity contribution in [2.45, 2.75) is 18.0 Å². The van der Waals surface area contributed by atoms with E-state index in [0.717, 1.165) is 0 Å². The van der Waals surface area contributed by atoms with Crippen LogP contribution in [0.4, 0.5) is 0 Å². The number of nitrogens with one attached hydrogen (secondary N) is 1. The second-order valence-electron chi connectivity index (χ2n) is 3.86. The van der Waals surface area contributed by atoms with Crippen LogP contribution in [0.2, 0.25) is 0 Å². The number of nitrogens with zero attached hydrogens (tertiary/aromatic N) is 4. The predicted molar refractivity (Wildman–Crippen MR) is 64.5 cm³/mol. The Morgan fingerprint density at radius 2 is 2.24 bits per heavy atom. The molecule has 0 amide bonds.